The second-order valence-electron chi connectivity index (χ2n) is 2.71. The van der Waals surface area contributed by atoms with Gasteiger partial charge in [0.05, 0.1) is 6.61 Å². The van der Waals surface area contributed by atoms with Crippen LogP contribution in [0.15, 0.2) is 24.3 Å². The van der Waals surface area contributed by atoms with Crippen LogP contribution in [0, 0.1) is 0 Å². The fraction of sp³-hybridized carbons (Fsp3) is 0.300. The van der Waals surface area contributed by atoms with Crippen molar-refractivity contribution in [3.8, 4) is 5.75 Å². The van der Waals surface area contributed by atoms with Crippen LogP contribution in [0.2, 0.25) is 0 Å². The molecule has 0 aromatic heterocycles. The smallest absolute Gasteiger partial charge is 0.226 e. The molecule has 4 heteroatoms. The highest BCUT2D eigenvalue weighted by molar-refractivity contribution is 9.09. The Bertz CT molecular complexity index is 297. The van der Waals surface area contributed by atoms with E-state index in [0.717, 1.165) is 16.6 Å². The van der Waals surface area contributed by atoms with Crippen LogP contribution in [0.4, 0.5) is 0 Å². The first-order valence-electron chi connectivity index (χ1n) is 4.18. The molecule has 0 aliphatic rings. The van der Waals surface area contributed by atoms with Gasteiger partial charge in [-0.2, -0.15) is 0 Å². The second-order valence-corrected chi connectivity index (χ2v) is 3.93. The van der Waals surface area contributed by atoms with Crippen LogP contribution in [-0.2, 0) is 11.2 Å². The molecule has 0 saturated carbocycles. The van der Waals surface area contributed by atoms with Gasteiger partial charge in [0.1, 0.15) is 5.75 Å². The lowest BCUT2D eigenvalue weighted by atomic mass is 10.2. The normalized spacial score (nSPS) is 9.86. The van der Waals surface area contributed by atoms with Crippen molar-refractivity contribution in [2.24, 2.45) is 0 Å². The van der Waals surface area contributed by atoms with Gasteiger partial charge in [0.25, 0.3) is 0 Å². The fourth-order valence-electron chi connectivity index (χ4n) is 1.02. The SMILES string of the molecule is O=C(Cl)Cc1ccc(OCCBr)cc1. The van der Waals surface area contributed by atoms with Gasteiger partial charge < -0.3 is 4.74 Å². The molecule has 2 nitrogen and oxygen atoms in total. The number of hydrogen-bond acceptors (Lipinski definition) is 2. The van der Waals surface area contributed by atoms with Gasteiger partial charge in [-0.25, -0.2) is 0 Å². The quantitative estimate of drug-likeness (QED) is 0.611. The van der Waals surface area contributed by atoms with Gasteiger partial charge in [-0.15, -0.1) is 0 Å². The summed E-state index contributed by atoms with van der Waals surface area (Å²) in [7, 11) is 0. The van der Waals surface area contributed by atoms with Crippen molar-refractivity contribution in [2.75, 3.05) is 11.9 Å². The highest BCUT2D eigenvalue weighted by Crippen LogP contribution is 2.13. The van der Waals surface area contributed by atoms with Crippen LogP contribution in [0.25, 0.3) is 0 Å². The molecule has 0 aliphatic heterocycles. The van der Waals surface area contributed by atoms with Crippen LogP contribution in [0.3, 0.4) is 0 Å². The number of alkyl halides is 1. The largest absolute Gasteiger partial charge is 0.493 e. The van der Waals surface area contributed by atoms with Gasteiger partial charge in [-0.05, 0) is 29.3 Å². The molecule has 0 heterocycles. The van der Waals surface area contributed by atoms with E-state index < -0.39 is 0 Å². The van der Waals surface area contributed by atoms with Gasteiger partial charge in [-0.1, -0.05) is 28.1 Å². The Kier molecular flexibility index (Phi) is 4.98. The number of hydrogen-bond donors (Lipinski definition) is 0. The third kappa shape index (κ3) is 4.11. The van der Waals surface area contributed by atoms with Crippen molar-refractivity contribution in [3.63, 3.8) is 0 Å². The summed E-state index contributed by atoms with van der Waals surface area (Å²) < 4.78 is 5.35. The lowest BCUT2D eigenvalue weighted by Gasteiger charge is -2.04. The highest BCUT2D eigenvalue weighted by Gasteiger charge is 1.99. The van der Waals surface area contributed by atoms with Crippen LogP contribution in [0.1, 0.15) is 5.56 Å². The summed E-state index contributed by atoms with van der Waals surface area (Å²) in [5, 5.41) is 0.452. The molecular formula is C10H10BrClO2. The van der Waals surface area contributed by atoms with Crippen LogP contribution in [0.5, 0.6) is 5.75 Å². The van der Waals surface area contributed by atoms with Crippen LogP contribution in [-0.4, -0.2) is 17.2 Å². The van der Waals surface area contributed by atoms with E-state index >= 15 is 0 Å². The van der Waals surface area contributed by atoms with Gasteiger partial charge in [0.15, 0.2) is 0 Å². The minimum absolute atomic E-state index is 0.264. The number of benzene rings is 1. The number of ether oxygens (including phenoxy) is 1. The van der Waals surface area contributed by atoms with E-state index in [1.165, 1.54) is 0 Å². The van der Waals surface area contributed by atoms with Gasteiger partial charge in [0, 0.05) is 11.8 Å². The summed E-state index contributed by atoms with van der Waals surface area (Å²) in [6, 6.07) is 7.34. The number of carbonyl (C=O) groups is 1. The number of rotatable bonds is 5. The molecule has 0 fully saturated rings. The van der Waals surface area contributed by atoms with Gasteiger partial charge in [0.2, 0.25) is 5.24 Å². The fourth-order valence-corrected chi connectivity index (χ4v) is 1.34. The summed E-state index contributed by atoms with van der Waals surface area (Å²) in [4.78, 5) is 10.6. The third-order valence-corrected chi connectivity index (χ3v) is 2.07. The summed E-state index contributed by atoms with van der Waals surface area (Å²) in [5.74, 6) is 0.801. The monoisotopic (exact) mass is 276 g/mol. The molecule has 0 unspecified atom stereocenters. The second kappa shape index (κ2) is 6.04. The van der Waals surface area contributed by atoms with Crippen molar-refractivity contribution in [3.05, 3.63) is 29.8 Å². The van der Waals surface area contributed by atoms with Crippen molar-refractivity contribution in [2.45, 2.75) is 6.42 Å². The predicted molar refractivity (Wildman–Crippen MR) is 60.3 cm³/mol. The van der Waals surface area contributed by atoms with E-state index in [0.29, 0.717) is 6.61 Å². The maximum absolute atomic E-state index is 10.6. The van der Waals surface area contributed by atoms with Crippen LogP contribution < -0.4 is 4.74 Å². The lowest BCUT2D eigenvalue weighted by molar-refractivity contribution is -0.111. The van der Waals surface area contributed by atoms with E-state index in [9.17, 15) is 4.79 Å². The Morgan fingerprint density at radius 2 is 2.00 bits per heavy atom. The maximum Gasteiger partial charge on any atom is 0.226 e. The zero-order valence-corrected chi connectivity index (χ0v) is 9.85. The molecule has 0 saturated heterocycles. The van der Waals surface area contributed by atoms with E-state index in [1.54, 1.807) is 0 Å². The summed E-state index contributed by atoms with van der Waals surface area (Å²) in [6.45, 7) is 0.633. The van der Waals surface area contributed by atoms with E-state index in [-0.39, 0.29) is 11.7 Å². The minimum atomic E-state index is -0.348. The molecule has 1 rings (SSSR count). The van der Waals surface area contributed by atoms with E-state index in [2.05, 4.69) is 15.9 Å². The molecule has 0 aliphatic carbocycles. The lowest BCUT2D eigenvalue weighted by Crippen LogP contribution is -1.98. The third-order valence-electron chi connectivity index (χ3n) is 1.61. The summed E-state index contributed by atoms with van der Waals surface area (Å²) >= 11 is 8.53. The Labute approximate surface area is 96.3 Å². The average molecular weight is 278 g/mol. The molecule has 0 spiro atoms. The first-order valence-corrected chi connectivity index (χ1v) is 5.68. The first-order chi connectivity index (χ1) is 6.72. The molecule has 1 aromatic carbocycles. The summed E-state index contributed by atoms with van der Waals surface area (Å²) in [6.07, 6.45) is 0.264. The predicted octanol–water partition coefficient (Wildman–Crippen LogP) is 2.77. The Morgan fingerprint density at radius 3 is 2.50 bits per heavy atom. The van der Waals surface area contributed by atoms with Crippen LogP contribution >= 0.6 is 27.5 Å². The minimum Gasteiger partial charge on any atom is -0.493 e. The number of halogens is 2. The zero-order chi connectivity index (χ0) is 10.4. The van der Waals surface area contributed by atoms with Crippen molar-refractivity contribution < 1.29 is 9.53 Å². The highest BCUT2D eigenvalue weighted by atomic mass is 79.9. The number of carbonyl (C=O) groups excluding carboxylic acids is 1. The van der Waals surface area contributed by atoms with E-state index in [1.807, 2.05) is 24.3 Å². The van der Waals surface area contributed by atoms with Gasteiger partial charge >= 0.3 is 0 Å². The molecule has 0 amide bonds. The average Bonchev–Trinajstić information content (AvgIpc) is 2.16. The zero-order valence-electron chi connectivity index (χ0n) is 7.50. The Morgan fingerprint density at radius 1 is 1.36 bits per heavy atom. The first kappa shape index (κ1) is 11.5. The Balaban J connectivity index is 2.54. The molecular weight excluding hydrogens is 267 g/mol. The molecule has 0 radical (unpaired) electrons. The topological polar surface area (TPSA) is 26.3 Å². The molecule has 0 atom stereocenters. The van der Waals surface area contributed by atoms with Crippen molar-refractivity contribution in [1.29, 1.82) is 0 Å². The van der Waals surface area contributed by atoms with Crippen molar-refractivity contribution >= 4 is 32.8 Å². The summed E-state index contributed by atoms with van der Waals surface area (Å²) in [5.41, 5.74) is 0.899. The molecule has 0 N–H and O–H groups in total. The van der Waals surface area contributed by atoms with Crippen molar-refractivity contribution in [1.82, 2.24) is 0 Å². The molecule has 0 bridgehead atoms. The maximum atomic E-state index is 10.6. The van der Waals surface area contributed by atoms with E-state index in [4.69, 9.17) is 16.3 Å². The Hall–Kier alpha value is -0.540. The molecule has 1 aromatic rings. The van der Waals surface area contributed by atoms with Gasteiger partial charge in [-0.3, -0.25) is 4.79 Å². The standard InChI is InChI=1S/C10H10BrClO2/c11-5-6-14-9-3-1-8(2-4-9)7-10(12)13/h1-4H,5-7H2. The molecule has 76 valence electrons. The molecule has 14 heavy (non-hydrogen) atoms.